The minimum Gasteiger partial charge on any atom is -0.503 e. The average molecular weight is 499 g/mol. The fraction of sp³-hybridized carbons (Fsp3) is 0.400. The molecule has 0 saturated carbocycles. The van der Waals surface area contributed by atoms with Gasteiger partial charge in [0, 0.05) is 25.1 Å². The van der Waals surface area contributed by atoms with E-state index >= 15 is 0 Å². The van der Waals surface area contributed by atoms with Crippen LogP contribution in [0.25, 0.3) is 10.6 Å². The van der Waals surface area contributed by atoms with Crippen molar-refractivity contribution < 1.29 is 19.1 Å². The van der Waals surface area contributed by atoms with Gasteiger partial charge in [-0.05, 0) is 44.9 Å². The van der Waals surface area contributed by atoms with E-state index < -0.39 is 22.6 Å². The molecule has 1 atom stereocenters. The second kappa shape index (κ2) is 9.33. The largest absolute Gasteiger partial charge is 0.503 e. The van der Waals surface area contributed by atoms with Gasteiger partial charge in [-0.25, -0.2) is 4.39 Å². The van der Waals surface area contributed by atoms with Crippen molar-refractivity contribution >= 4 is 23.0 Å². The van der Waals surface area contributed by atoms with Crippen molar-refractivity contribution in [2.45, 2.75) is 65.1 Å². The molecule has 8 nitrogen and oxygen atoms in total. The molecule has 0 bridgehead atoms. The van der Waals surface area contributed by atoms with Gasteiger partial charge in [-0.15, -0.1) is 10.2 Å². The van der Waals surface area contributed by atoms with Crippen LogP contribution < -0.4 is 5.43 Å². The highest BCUT2D eigenvalue weighted by Gasteiger charge is 2.48. The van der Waals surface area contributed by atoms with Gasteiger partial charge >= 0.3 is 0 Å². The molecule has 10 heteroatoms. The molecule has 1 aromatic carbocycles. The number of carbonyl (C=O) groups is 2. The molecular formula is C25H27FN4O4S. The first-order valence-corrected chi connectivity index (χ1v) is 12.3. The van der Waals surface area contributed by atoms with Gasteiger partial charge in [0.2, 0.25) is 5.43 Å². The van der Waals surface area contributed by atoms with Crippen molar-refractivity contribution in [2.75, 3.05) is 0 Å². The van der Waals surface area contributed by atoms with Gasteiger partial charge in [-0.1, -0.05) is 30.4 Å². The van der Waals surface area contributed by atoms with Crippen LogP contribution in [0.15, 0.2) is 35.3 Å². The van der Waals surface area contributed by atoms with Crippen molar-refractivity contribution in [3.63, 3.8) is 0 Å². The Kier molecular flexibility index (Phi) is 6.59. The summed E-state index contributed by atoms with van der Waals surface area (Å²) in [4.78, 5) is 41.1. The Balaban J connectivity index is 1.76. The zero-order chi connectivity index (χ0) is 25.5. The molecule has 1 N–H and O–H groups in total. The molecule has 0 aliphatic carbocycles. The molecule has 3 aromatic rings. The zero-order valence-corrected chi connectivity index (χ0v) is 20.9. The molecule has 4 rings (SSSR count). The Morgan fingerprint density at radius 3 is 2.54 bits per heavy atom. The first kappa shape index (κ1) is 24.7. The van der Waals surface area contributed by atoms with Crippen molar-refractivity contribution in [1.29, 1.82) is 0 Å². The summed E-state index contributed by atoms with van der Waals surface area (Å²) >= 11 is 1.18. The molecule has 0 unspecified atom stereocenters. The maximum Gasteiger partial charge on any atom is 0.275 e. The van der Waals surface area contributed by atoms with Crippen LogP contribution in [0.4, 0.5) is 4.39 Å². The number of benzene rings is 1. The number of carbonyl (C=O) groups excluding carboxylic acids is 2. The normalized spacial score (nSPS) is 17.7. The second-order valence-corrected chi connectivity index (χ2v) is 10.3. The van der Waals surface area contributed by atoms with Gasteiger partial charge in [-0.2, -0.15) is 0 Å². The molecule has 0 fully saturated rings. The molecular weight excluding hydrogens is 471 g/mol. The Labute approximate surface area is 206 Å². The summed E-state index contributed by atoms with van der Waals surface area (Å²) in [5, 5.41) is 20.0. The van der Waals surface area contributed by atoms with E-state index in [0.29, 0.717) is 24.3 Å². The number of ketones is 1. The molecule has 3 heterocycles. The van der Waals surface area contributed by atoms with E-state index in [2.05, 4.69) is 10.2 Å². The molecule has 35 heavy (non-hydrogen) atoms. The molecule has 2 aromatic heterocycles. The number of nitrogens with zero attached hydrogens (tertiary/aromatic N) is 4. The van der Waals surface area contributed by atoms with Crippen LogP contribution in [-0.4, -0.2) is 48.0 Å². The predicted octanol–water partition coefficient (Wildman–Crippen LogP) is 3.79. The van der Waals surface area contributed by atoms with E-state index in [1.54, 1.807) is 32.9 Å². The van der Waals surface area contributed by atoms with E-state index in [0.717, 1.165) is 5.56 Å². The third-order valence-electron chi connectivity index (χ3n) is 6.25. The number of amides is 1. The van der Waals surface area contributed by atoms with Crippen LogP contribution in [0.5, 0.6) is 5.75 Å². The lowest BCUT2D eigenvalue weighted by Gasteiger charge is -2.47. The summed E-state index contributed by atoms with van der Waals surface area (Å²) in [6.45, 7) is 7.34. The molecule has 1 aliphatic rings. The Bertz CT molecular complexity index is 1350. The zero-order valence-electron chi connectivity index (χ0n) is 20.0. The lowest BCUT2D eigenvalue weighted by Crippen LogP contribution is -2.63. The number of hydrogen-bond acceptors (Lipinski definition) is 7. The van der Waals surface area contributed by atoms with Crippen LogP contribution in [0, 0.1) is 5.82 Å². The van der Waals surface area contributed by atoms with Gasteiger partial charge in [0.05, 0.1) is 12.1 Å². The maximum atomic E-state index is 13.4. The summed E-state index contributed by atoms with van der Waals surface area (Å²) in [5.41, 5.74) is -1.04. The van der Waals surface area contributed by atoms with Gasteiger partial charge in [0.1, 0.15) is 16.4 Å². The van der Waals surface area contributed by atoms with Crippen LogP contribution in [-0.2, 0) is 17.8 Å². The van der Waals surface area contributed by atoms with Crippen LogP contribution in [0.2, 0.25) is 0 Å². The highest BCUT2D eigenvalue weighted by atomic mass is 32.1. The second-order valence-electron chi connectivity index (χ2n) is 9.22. The van der Waals surface area contributed by atoms with E-state index in [4.69, 9.17) is 0 Å². The lowest BCUT2D eigenvalue weighted by atomic mass is 9.86. The SMILES string of the molecule is CCCC(=O)[C@]1(C)Cn2cc(-c3nnc(Cc4ccc(F)cc4)s3)c(=O)c(O)c2C(=O)N1C(C)C. The van der Waals surface area contributed by atoms with Crippen molar-refractivity contribution in [1.82, 2.24) is 19.7 Å². The number of fused-ring (bicyclic) bond motifs is 1. The van der Waals surface area contributed by atoms with Crippen molar-refractivity contribution in [2.24, 2.45) is 0 Å². The summed E-state index contributed by atoms with van der Waals surface area (Å²) in [6, 6.07) is 5.71. The van der Waals surface area contributed by atoms with Crippen molar-refractivity contribution in [3.05, 3.63) is 62.8 Å². The number of halogens is 1. The minimum atomic E-state index is -1.12. The smallest absolute Gasteiger partial charge is 0.275 e. The molecule has 0 saturated heterocycles. The Morgan fingerprint density at radius 2 is 1.91 bits per heavy atom. The minimum absolute atomic E-state index is 0.0788. The molecule has 0 radical (unpaired) electrons. The number of Topliss-reactive ketones (excluding diaryl/α,β-unsaturated/α-hetero) is 1. The van der Waals surface area contributed by atoms with E-state index in [-0.39, 0.29) is 40.5 Å². The standard InChI is InChI=1S/C25H27FN4O4S/c1-5-6-18(31)25(4)13-29-12-17(21(32)22(33)20(29)24(34)30(25)14(2)3)23-28-27-19(35-23)11-15-7-9-16(26)10-8-15/h7-10,12,14,33H,5-6,11,13H2,1-4H3/t25-/m0/s1. The molecule has 1 amide bonds. The fourth-order valence-corrected chi connectivity index (χ4v) is 5.51. The summed E-state index contributed by atoms with van der Waals surface area (Å²) in [5.74, 6) is -1.64. The first-order valence-electron chi connectivity index (χ1n) is 11.5. The Morgan fingerprint density at radius 1 is 1.23 bits per heavy atom. The average Bonchev–Trinajstić information content (AvgIpc) is 3.25. The highest BCUT2D eigenvalue weighted by molar-refractivity contribution is 7.14. The number of hydrogen-bond donors (Lipinski definition) is 1. The van der Waals surface area contributed by atoms with E-state index in [1.165, 1.54) is 39.1 Å². The Hall–Kier alpha value is -3.40. The van der Waals surface area contributed by atoms with Crippen molar-refractivity contribution in [3.8, 4) is 16.3 Å². The maximum absolute atomic E-state index is 13.4. The lowest BCUT2D eigenvalue weighted by molar-refractivity contribution is -0.131. The number of aromatic nitrogens is 3. The first-order chi connectivity index (χ1) is 16.6. The number of pyridine rings is 1. The number of rotatable bonds is 7. The highest BCUT2D eigenvalue weighted by Crippen LogP contribution is 2.35. The number of aromatic hydroxyl groups is 1. The van der Waals surface area contributed by atoms with Gasteiger partial charge < -0.3 is 14.6 Å². The predicted molar refractivity (Wildman–Crippen MR) is 130 cm³/mol. The van der Waals surface area contributed by atoms with Gasteiger partial charge in [0.25, 0.3) is 5.91 Å². The molecule has 1 aliphatic heterocycles. The monoisotopic (exact) mass is 498 g/mol. The topological polar surface area (TPSA) is 105 Å². The van der Waals surface area contributed by atoms with Crippen LogP contribution in [0.1, 0.15) is 61.6 Å². The van der Waals surface area contributed by atoms with Crippen LogP contribution in [0.3, 0.4) is 0 Å². The van der Waals surface area contributed by atoms with E-state index in [1.807, 2.05) is 6.92 Å². The van der Waals surface area contributed by atoms with Gasteiger partial charge in [-0.3, -0.25) is 14.4 Å². The molecule has 0 spiro atoms. The summed E-state index contributed by atoms with van der Waals surface area (Å²) < 4.78 is 14.7. The third-order valence-corrected chi connectivity index (χ3v) is 7.20. The molecule has 184 valence electrons. The van der Waals surface area contributed by atoms with Crippen LogP contribution >= 0.6 is 11.3 Å². The fourth-order valence-electron chi connectivity index (χ4n) is 4.63. The third kappa shape index (κ3) is 4.38. The van der Waals surface area contributed by atoms with E-state index in [9.17, 15) is 23.9 Å². The van der Waals surface area contributed by atoms with Gasteiger partial charge in [0.15, 0.2) is 22.2 Å². The quantitative estimate of drug-likeness (QED) is 0.531. The summed E-state index contributed by atoms with van der Waals surface area (Å²) in [6.07, 6.45) is 2.84. The summed E-state index contributed by atoms with van der Waals surface area (Å²) in [7, 11) is 0.